The zero-order valence-corrected chi connectivity index (χ0v) is 10.9. The average molecular weight is 267 g/mol. The van der Waals surface area contributed by atoms with Crippen LogP contribution >= 0.6 is 0 Å². The summed E-state index contributed by atoms with van der Waals surface area (Å²) in [6.07, 6.45) is 0. The van der Waals surface area contributed by atoms with Crippen molar-refractivity contribution in [2.75, 3.05) is 12.8 Å². The van der Waals surface area contributed by atoms with Crippen molar-refractivity contribution in [3.63, 3.8) is 0 Å². The van der Waals surface area contributed by atoms with Crippen molar-refractivity contribution < 1.29 is 9.26 Å². The van der Waals surface area contributed by atoms with Crippen LogP contribution in [0.15, 0.2) is 53.1 Å². The van der Waals surface area contributed by atoms with E-state index >= 15 is 0 Å². The van der Waals surface area contributed by atoms with Crippen LogP contribution in [-0.4, -0.2) is 17.3 Å². The highest BCUT2D eigenvalue weighted by molar-refractivity contribution is 5.73. The van der Waals surface area contributed by atoms with E-state index in [1.165, 1.54) is 0 Å². The van der Waals surface area contributed by atoms with Crippen LogP contribution < -0.4 is 10.5 Å². The van der Waals surface area contributed by atoms with Gasteiger partial charge >= 0.3 is 0 Å². The van der Waals surface area contributed by atoms with E-state index in [1.54, 1.807) is 25.3 Å². The van der Waals surface area contributed by atoms with Crippen molar-refractivity contribution >= 4 is 5.69 Å². The Labute approximate surface area is 116 Å². The highest BCUT2D eigenvalue weighted by Gasteiger charge is 2.13. The monoisotopic (exact) mass is 267 g/mol. The Morgan fingerprint density at radius 2 is 1.90 bits per heavy atom. The molecule has 5 nitrogen and oxygen atoms in total. The number of ether oxygens (including phenoxy) is 1. The molecular weight excluding hydrogens is 254 g/mol. The summed E-state index contributed by atoms with van der Waals surface area (Å²) in [5.41, 5.74) is 8.06. The second kappa shape index (κ2) is 5.05. The van der Waals surface area contributed by atoms with Crippen LogP contribution in [0.1, 0.15) is 0 Å². The summed E-state index contributed by atoms with van der Waals surface area (Å²) in [7, 11) is 1.60. The van der Waals surface area contributed by atoms with Crippen molar-refractivity contribution in [2.24, 2.45) is 0 Å². The van der Waals surface area contributed by atoms with Crippen LogP contribution in [0.25, 0.3) is 22.8 Å². The molecule has 100 valence electrons. The van der Waals surface area contributed by atoms with E-state index in [1.807, 2.05) is 30.3 Å². The summed E-state index contributed by atoms with van der Waals surface area (Å²) in [6, 6.07) is 14.9. The Bertz CT molecular complexity index is 723. The van der Waals surface area contributed by atoms with Crippen LogP contribution in [0.4, 0.5) is 5.69 Å². The van der Waals surface area contributed by atoms with E-state index in [0.717, 1.165) is 5.56 Å². The first kappa shape index (κ1) is 12.2. The first-order valence-electron chi connectivity index (χ1n) is 6.11. The molecule has 0 atom stereocenters. The van der Waals surface area contributed by atoms with Crippen molar-refractivity contribution in [2.45, 2.75) is 0 Å². The van der Waals surface area contributed by atoms with Gasteiger partial charge in [0, 0.05) is 11.3 Å². The Kier molecular flexibility index (Phi) is 3.09. The fourth-order valence-electron chi connectivity index (χ4n) is 1.88. The average Bonchev–Trinajstić information content (AvgIpc) is 2.98. The van der Waals surface area contributed by atoms with Gasteiger partial charge in [0.15, 0.2) is 0 Å². The molecule has 0 unspecified atom stereocenters. The van der Waals surface area contributed by atoms with Gasteiger partial charge in [-0.05, 0) is 18.2 Å². The molecule has 20 heavy (non-hydrogen) atoms. The van der Waals surface area contributed by atoms with Crippen LogP contribution in [0, 0.1) is 0 Å². The first-order valence-corrected chi connectivity index (χ1v) is 6.11. The summed E-state index contributed by atoms with van der Waals surface area (Å²) in [5.74, 6) is 1.59. The van der Waals surface area contributed by atoms with Gasteiger partial charge in [-0.1, -0.05) is 35.5 Å². The summed E-state index contributed by atoms with van der Waals surface area (Å²) in [4.78, 5) is 4.37. The zero-order valence-electron chi connectivity index (χ0n) is 10.9. The molecule has 1 heterocycles. The van der Waals surface area contributed by atoms with E-state index < -0.39 is 0 Å². The van der Waals surface area contributed by atoms with Crippen LogP contribution in [-0.2, 0) is 0 Å². The summed E-state index contributed by atoms with van der Waals surface area (Å²) < 4.78 is 10.5. The molecule has 0 aliphatic heterocycles. The number of hydrogen-bond donors (Lipinski definition) is 1. The van der Waals surface area contributed by atoms with Crippen molar-refractivity contribution in [1.29, 1.82) is 0 Å². The van der Waals surface area contributed by atoms with Gasteiger partial charge in [-0.2, -0.15) is 4.98 Å². The van der Waals surface area contributed by atoms with E-state index in [4.69, 9.17) is 15.0 Å². The topological polar surface area (TPSA) is 74.2 Å². The van der Waals surface area contributed by atoms with Gasteiger partial charge in [0.2, 0.25) is 5.82 Å². The lowest BCUT2D eigenvalue weighted by molar-refractivity contribution is 0.413. The number of nitrogen functional groups attached to an aromatic ring is 1. The van der Waals surface area contributed by atoms with Crippen LogP contribution in [0.3, 0.4) is 0 Å². The number of anilines is 1. The standard InChI is InChI=1S/C15H13N3O2/c1-19-11-7-8-13(16)12(9-11)15-17-14(18-20-15)10-5-3-2-4-6-10/h2-9H,16H2,1H3. The van der Waals surface area contributed by atoms with Crippen LogP contribution in [0.5, 0.6) is 5.75 Å². The minimum Gasteiger partial charge on any atom is -0.497 e. The minimum atomic E-state index is 0.375. The molecule has 0 amide bonds. The molecule has 2 aromatic carbocycles. The SMILES string of the molecule is COc1ccc(N)c(-c2nc(-c3ccccc3)no2)c1. The first-order chi connectivity index (χ1) is 9.78. The molecule has 0 saturated carbocycles. The zero-order chi connectivity index (χ0) is 13.9. The van der Waals surface area contributed by atoms with Crippen molar-refractivity contribution in [1.82, 2.24) is 10.1 Å². The lowest BCUT2D eigenvalue weighted by Gasteiger charge is -2.03. The fourth-order valence-corrected chi connectivity index (χ4v) is 1.88. The third-order valence-electron chi connectivity index (χ3n) is 2.95. The van der Waals surface area contributed by atoms with Crippen LogP contribution in [0.2, 0.25) is 0 Å². The van der Waals surface area contributed by atoms with E-state index in [-0.39, 0.29) is 0 Å². The maximum Gasteiger partial charge on any atom is 0.260 e. The number of methoxy groups -OCH3 is 1. The Morgan fingerprint density at radius 1 is 1.10 bits per heavy atom. The largest absolute Gasteiger partial charge is 0.497 e. The molecule has 5 heteroatoms. The van der Waals surface area contributed by atoms with Gasteiger partial charge in [-0.3, -0.25) is 0 Å². The highest BCUT2D eigenvalue weighted by Crippen LogP contribution is 2.30. The smallest absolute Gasteiger partial charge is 0.260 e. The summed E-state index contributed by atoms with van der Waals surface area (Å²) >= 11 is 0. The molecule has 2 N–H and O–H groups in total. The summed E-state index contributed by atoms with van der Waals surface area (Å²) in [6.45, 7) is 0. The van der Waals surface area contributed by atoms with Gasteiger partial charge < -0.3 is 15.0 Å². The highest BCUT2D eigenvalue weighted by atomic mass is 16.5. The molecule has 0 aliphatic rings. The molecule has 0 fully saturated rings. The van der Waals surface area contributed by atoms with E-state index in [9.17, 15) is 0 Å². The molecule has 0 aliphatic carbocycles. The summed E-state index contributed by atoms with van der Waals surface area (Å²) in [5, 5.41) is 3.98. The van der Waals surface area contributed by atoms with Gasteiger partial charge in [0.1, 0.15) is 5.75 Å². The Hall–Kier alpha value is -2.82. The van der Waals surface area contributed by atoms with E-state index in [0.29, 0.717) is 28.7 Å². The van der Waals surface area contributed by atoms with Gasteiger partial charge in [0.25, 0.3) is 5.89 Å². The lowest BCUT2D eigenvalue weighted by atomic mass is 10.1. The molecule has 3 rings (SSSR count). The Balaban J connectivity index is 2.02. The third-order valence-corrected chi connectivity index (χ3v) is 2.95. The minimum absolute atomic E-state index is 0.375. The molecule has 0 bridgehead atoms. The number of nitrogens with two attached hydrogens (primary N) is 1. The lowest BCUT2D eigenvalue weighted by Crippen LogP contribution is -1.92. The molecule has 0 spiro atoms. The molecule has 1 aromatic heterocycles. The van der Waals surface area contributed by atoms with E-state index in [2.05, 4.69) is 10.1 Å². The second-order valence-electron chi connectivity index (χ2n) is 4.24. The molecular formula is C15H13N3O2. The van der Waals surface area contributed by atoms with Crippen molar-refractivity contribution in [3.05, 3.63) is 48.5 Å². The number of aromatic nitrogens is 2. The predicted octanol–water partition coefficient (Wildman–Crippen LogP) is 2.99. The molecule has 3 aromatic rings. The second-order valence-corrected chi connectivity index (χ2v) is 4.24. The number of rotatable bonds is 3. The quantitative estimate of drug-likeness (QED) is 0.738. The number of benzene rings is 2. The van der Waals surface area contributed by atoms with Crippen molar-refractivity contribution in [3.8, 4) is 28.6 Å². The third kappa shape index (κ3) is 2.21. The van der Waals surface area contributed by atoms with Gasteiger partial charge in [-0.15, -0.1) is 0 Å². The van der Waals surface area contributed by atoms with Gasteiger partial charge in [0.05, 0.1) is 12.7 Å². The molecule has 0 saturated heterocycles. The maximum atomic E-state index is 5.94. The fraction of sp³-hybridized carbons (Fsp3) is 0.0667. The maximum absolute atomic E-state index is 5.94. The normalized spacial score (nSPS) is 10.4. The Morgan fingerprint density at radius 3 is 2.65 bits per heavy atom. The molecule has 0 radical (unpaired) electrons. The predicted molar refractivity (Wildman–Crippen MR) is 76.1 cm³/mol. The van der Waals surface area contributed by atoms with Gasteiger partial charge in [-0.25, -0.2) is 0 Å². The number of nitrogens with zero attached hydrogens (tertiary/aromatic N) is 2. The number of hydrogen-bond acceptors (Lipinski definition) is 5.